The van der Waals surface area contributed by atoms with Crippen molar-refractivity contribution < 1.29 is 9.59 Å². The van der Waals surface area contributed by atoms with Crippen LogP contribution >= 0.6 is 11.3 Å². The lowest BCUT2D eigenvalue weighted by Gasteiger charge is -2.09. The van der Waals surface area contributed by atoms with Gasteiger partial charge in [-0.1, -0.05) is 38.1 Å². The molecule has 4 aromatic rings. The summed E-state index contributed by atoms with van der Waals surface area (Å²) < 4.78 is 1.32. The summed E-state index contributed by atoms with van der Waals surface area (Å²) in [6, 6.07) is 14.9. The first-order valence-electron chi connectivity index (χ1n) is 10.6. The first-order chi connectivity index (χ1) is 15.8. The van der Waals surface area contributed by atoms with Crippen molar-refractivity contribution in [1.82, 2.24) is 9.55 Å². The molecule has 2 aromatic carbocycles. The van der Waals surface area contributed by atoms with Crippen molar-refractivity contribution in [2.45, 2.75) is 33.2 Å². The van der Waals surface area contributed by atoms with Crippen LogP contribution in [0.2, 0.25) is 0 Å². The van der Waals surface area contributed by atoms with Crippen LogP contribution in [0.3, 0.4) is 0 Å². The second-order valence-corrected chi connectivity index (χ2v) is 8.95. The third-order valence-corrected chi connectivity index (χ3v) is 6.14. The van der Waals surface area contributed by atoms with E-state index in [1.165, 1.54) is 34.7 Å². The molecule has 0 saturated heterocycles. The summed E-state index contributed by atoms with van der Waals surface area (Å²) in [4.78, 5) is 41.9. The van der Waals surface area contributed by atoms with Crippen LogP contribution in [0.4, 0.5) is 11.4 Å². The molecule has 7 nitrogen and oxygen atoms in total. The second kappa shape index (κ2) is 9.38. The maximum absolute atomic E-state index is 13.2. The van der Waals surface area contributed by atoms with E-state index in [2.05, 4.69) is 41.6 Å². The number of nitrogens with one attached hydrogen (secondary N) is 2. The molecule has 2 aromatic heterocycles. The molecule has 168 valence electrons. The lowest BCUT2D eigenvalue weighted by atomic mass is 9.99. The molecule has 0 aliphatic rings. The van der Waals surface area contributed by atoms with Crippen molar-refractivity contribution in [2.24, 2.45) is 0 Å². The summed E-state index contributed by atoms with van der Waals surface area (Å²) in [6.45, 7) is 5.55. The second-order valence-electron chi connectivity index (χ2n) is 8.09. The molecule has 2 amide bonds. The fraction of sp³-hybridized carbons (Fsp3) is 0.200. The van der Waals surface area contributed by atoms with E-state index in [-0.39, 0.29) is 23.9 Å². The molecule has 0 aliphatic heterocycles. The molecule has 33 heavy (non-hydrogen) atoms. The quantitative estimate of drug-likeness (QED) is 0.430. The average Bonchev–Trinajstić information content (AvgIpc) is 3.22. The van der Waals surface area contributed by atoms with Crippen LogP contribution in [0.15, 0.2) is 65.0 Å². The SMILES string of the molecule is CC(=O)Nc1ccc(NC(=O)Cn2cnc3scc(-c4ccc(C(C)C)cc4)c3c2=O)cc1. The van der Waals surface area contributed by atoms with Crippen LogP contribution < -0.4 is 16.2 Å². The minimum Gasteiger partial charge on any atom is -0.326 e. The average molecular weight is 461 g/mol. The van der Waals surface area contributed by atoms with Crippen molar-refractivity contribution in [3.63, 3.8) is 0 Å². The molecule has 2 N–H and O–H groups in total. The van der Waals surface area contributed by atoms with Gasteiger partial charge in [-0.05, 0) is 41.3 Å². The highest BCUT2D eigenvalue weighted by Crippen LogP contribution is 2.31. The molecule has 8 heteroatoms. The van der Waals surface area contributed by atoms with Crippen LogP contribution in [0.5, 0.6) is 0 Å². The zero-order valence-corrected chi connectivity index (χ0v) is 19.4. The molecule has 2 heterocycles. The predicted octanol–water partition coefficient (Wildman–Crippen LogP) is 4.85. The van der Waals surface area contributed by atoms with Gasteiger partial charge in [0.25, 0.3) is 5.56 Å². The van der Waals surface area contributed by atoms with Crippen molar-refractivity contribution in [3.8, 4) is 11.1 Å². The number of anilines is 2. The number of aromatic nitrogens is 2. The molecule has 0 bridgehead atoms. The zero-order valence-electron chi connectivity index (χ0n) is 18.6. The lowest BCUT2D eigenvalue weighted by molar-refractivity contribution is -0.117. The largest absolute Gasteiger partial charge is 0.326 e. The standard InChI is InChI=1S/C25H24N4O3S/c1-15(2)17-4-6-18(7-5-17)21-13-33-24-23(21)25(32)29(14-26-24)12-22(31)28-20-10-8-19(9-11-20)27-16(3)30/h4-11,13-15H,12H2,1-3H3,(H,27,30)(H,28,31). The maximum atomic E-state index is 13.2. The van der Waals surface area contributed by atoms with Gasteiger partial charge in [0.1, 0.15) is 11.4 Å². The smallest absolute Gasteiger partial charge is 0.263 e. The van der Waals surface area contributed by atoms with Gasteiger partial charge in [-0.3, -0.25) is 19.0 Å². The van der Waals surface area contributed by atoms with Crippen molar-refractivity contribution in [1.29, 1.82) is 0 Å². The molecule has 0 saturated carbocycles. The number of rotatable bonds is 6. The first kappa shape index (κ1) is 22.4. The summed E-state index contributed by atoms with van der Waals surface area (Å²) >= 11 is 1.41. The number of hydrogen-bond acceptors (Lipinski definition) is 5. The Kier molecular flexibility index (Phi) is 6.37. The monoisotopic (exact) mass is 460 g/mol. The van der Waals surface area contributed by atoms with Crippen LogP contribution in [0, 0.1) is 0 Å². The Morgan fingerprint density at radius 2 is 1.64 bits per heavy atom. The molecule has 0 fully saturated rings. The Bertz CT molecular complexity index is 1370. The summed E-state index contributed by atoms with van der Waals surface area (Å²) in [5.74, 6) is -0.0846. The van der Waals surface area contributed by atoms with Gasteiger partial charge in [0, 0.05) is 29.2 Å². The van der Waals surface area contributed by atoms with E-state index >= 15 is 0 Å². The van der Waals surface area contributed by atoms with E-state index in [4.69, 9.17) is 0 Å². The number of fused-ring (bicyclic) bond motifs is 1. The molecule has 0 unspecified atom stereocenters. The highest BCUT2D eigenvalue weighted by molar-refractivity contribution is 7.17. The van der Waals surface area contributed by atoms with E-state index in [0.29, 0.717) is 27.5 Å². The number of thiophene rings is 1. The molecule has 4 rings (SSSR count). The minimum absolute atomic E-state index is 0.156. The summed E-state index contributed by atoms with van der Waals surface area (Å²) in [6.07, 6.45) is 1.41. The maximum Gasteiger partial charge on any atom is 0.263 e. The van der Waals surface area contributed by atoms with E-state index in [0.717, 1.165) is 11.1 Å². The minimum atomic E-state index is -0.344. The summed E-state index contributed by atoms with van der Waals surface area (Å²) in [5.41, 5.74) is 3.96. The van der Waals surface area contributed by atoms with Gasteiger partial charge >= 0.3 is 0 Å². The van der Waals surface area contributed by atoms with Crippen LogP contribution in [0.1, 0.15) is 32.3 Å². The molecule has 0 radical (unpaired) electrons. The Hall–Kier alpha value is -3.78. The fourth-order valence-electron chi connectivity index (χ4n) is 3.54. The third kappa shape index (κ3) is 5.01. The summed E-state index contributed by atoms with van der Waals surface area (Å²) in [5, 5.41) is 7.89. The van der Waals surface area contributed by atoms with Crippen molar-refractivity contribution in [2.75, 3.05) is 10.6 Å². The van der Waals surface area contributed by atoms with Crippen LogP contribution in [-0.4, -0.2) is 21.4 Å². The summed E-state index contributed by atoms with van der Waals surface area (Å²) in [7, 11) is 0. The Labute approximate surface area is 195 Å². The molecular formula is C25H24N4O3S. The molecule has 0 aliphatic carbocycles. The van der Waals surface area contributed by atoms with E-state index in [1.807, 2.05) is 17.5 Å². The molecule has 0 atom stereocenters. The van der Waals surface area contributed by atoms with Crippen molar-refractivity contribution in [3.05, 3.63) is 76.2 Å². The van der Waals surface area contributed by atoms with E-state index in [1.54, 1.807) is 24.3 Å². The number of carbonyl (C=O) groups excluding carboxylic acids is 2. The van der Waals surface area contributed by atoms with Gasteiger partial charge in [0.2, 0.25) is 11.8 Å². The molecule has 0 spiro atoms. The number of carbonyl (C=O) groups is 2. The number of benzene rings is 2. The van der Waals surface area contributed by atoms with E-state index < -0.39 is 0 Å². The first-order valence-corrected chi connectivity index (χ1v) is 11.4. The Morgan fingerprint density at radius 1 is 1.00 bits per heavy atom. The van der Waals surface area contributed by atoms with Crippen molar-refractivity contribution >= 4 is 44.7 Å². The Balaban J connectivity index is 1.55. The molecular weight excluding hydrogens is 436 g/mol. The van der Waals surface area contributed by atoms with Gasteiger partial charge in [-0.15, -0.1) is 11.3 Å². The lowest BCUT2D eigenvalue weighted by Crippen LogP contribution is -2.27. The highest BCUT2D eigenvalue weighted by atomic mass is 32.1. The number of nitrogens with zero attached hydrogens (tertiary/aromatic N) is 2. The van der Waals surface area contributed by atoms with Crippen LogP contribution in [0.25, 0.3) is 21.3 Å². The number of hydrogen-bond donors (Lipinski definition) is 2. The third-order valence-electron chi connectivity index (χ3n) is 5.25. The highest BCUT2D eigenvalue weighted by Gasteiger charge is 2.15. The van der Waals surface area contributed by atoms with Gasteiger partial charge in [0.15, 0.2) is 0 Å². The zero-order chi connectivity index (χ0) is 23.5. The van der Waals surface area contributed by atoms with Crippen LogP contribution in [-0.2, 0) is 16.1 Å². The van der Waals surface area contributed by atoms with E-state index in [9.17, 15) is 14.4 Å². The number of amides is 2. The fourth-order valence-corrected chi connectivity index (χ4v) is 4.44. The van der Waals surface area contributed by atoms with Gasteiger partial charge in [0.05, 0.1) is 11.7 Å². The van der Waals surface area contributed by atoms with Gasteiger partial charge in [-0.25, -0.2) is 4.98 Å². The van der Waals surface area contributed by atoms with Gasteiger partial charge < -0.3 is 10.6 Å². The normalized spacial score (nSPS) is 11.0. The van der Waals surface area contributed by atoms with Gasteiger partial charge in [-0.2, -0.15) is 0 Å². The topological polar surface area (TPSA) is 93.1 Å². The Morgan fingerprint density at radius 3 is 2.24 bits per heavy atom. The predicted molar refractivity (Wildman–Crippen MR) is 133 cm³/mol.